The number of unbranched alkanes of at least 4 members (excludes halogenated alkanes) is 10. The van der Waals surface area contributed by atoms with E-state index in [0.29, 0.717) is 10.4 Å². The van der Waals surface area contributed by atoms with Crippen LogP contribution in [0.3, 0.4) is 0 Å². The third-order valence-electron chi connectivity index (χ3n) is 5.58. The van der Waals surface area contributed by atoms with Gasteiger partial charge in [-0.25, -0.2) is 0 Å². The van der Waals surface area contributed by atoms with Gasteiger partial charge in [0.25, 0.3) is 0 Å². The molecule has 1 rings (SSSR count). The third-order valence-corrected chi connectivity index (χ3v) is 7.86. The monoisotopic (exact) mass is 492 g/mol. The predicted octanol–water partition coefficient (Wildman–Crippen LogP) is 6.99. The first-order valence-corrected chi connectivity index (χ1v) is 14.4. The van der Waals surface area contributed by atoms with Crippen molar-refractivity contribution in [3.05, 3.63) is 22.6 Å². The molecule has 0 saturated heterocycles. The topological polar surface area (TPSA) is 95.2 Å². The van der Waals surface area contributed by atoms with Crippen molar-refractivity contribution in [2.45, 2.75) is 101 Å². The van der Waals surface area contributed by atoms with Crippen molar-refractivity contribution in [3.8, 4) is 24.3 Å². The van der Waals surface area contributed by atoms with Gasteiger partial charge in [-0.15, -0.1) is 23.5 Å². The normalized spacial score (nSPS) is 10.1. The highest BCUT2D eigenvalue weighted by atomic mass is 32.2. The Morgan fingerprint density at radius 2 is 0.882 bits per heavy atom. The zero-order valence-electron chi connectivity index (χ0n) is 20.7. The zero-order valence-corrected chi connectivity index (χ0v) is 22.3. The molecule has 0 heterocycles. The third kappa shape index (κ3) is 10.7. The van der Waals surface area contributed by atoms with Crippen molar-refractivity contribution >= 4 is 34.7 Å². The van der Waals surface area contributed by atoms with Crippen LogP contribution in [0, 0.1) is 45.3 Å². The molecule has 0 amide bonds. The van der Waals surface area contributed by atoms with Crippen molar-refractivity contribution in [3.63, 3.8) is 0 Å². The van der Waals surface area contributed by atoms with Gasteiger partial charge in [0.15, 0.2) is 0 Å². The summed E-state index contributed by atoms with van der Waals surface area (Å²) < 4.78 is 0. The fraction of sp³-hybridized carbons (Fsp3) is 0.571. The maximum atomic E-state index is 9.54. The molecule has 0 aliphatic rings. The second kappa shape index (κ2) is 19.0. The summed E-state index contributed by atoms with van der Waals surface area (Å²) in [5, 5.41) is 39.4. The van der Waals surface area contributed by atoms with Gasteiger partial charge in [-0.2, -0.15) is 21.0 Å². The Balaban J connectivity index is 3.17. The molecule has 0 bridgehead atoms. The molecule has 0 saturated carbocycles. The van der Waals surface area contributed by atoms with E-state index in [4.69, 9.17) is 0 Å². The zero-order chi connectivity index (χ0) is 25.0. The maximum Gasteiger partial charge on any atom is 0.138 e. The van der Waals surface area contributed by atoms with Gasteiger partial charge in [0, 0.05) is 20.2 Å². The van der Waals surface area contributed by atoms with E-state index in [-0.39, 0.29) is 11.1 Å². The Bertz CT molecular complexity index is 931. The average Bonchev–Trinajstić information content (AvgIpc) is 2.85. The maximum absolute atomic E-state index is 9.54. The van der Waals surface area contributed by atoms with Crippen molar-refractivity contribution in [1.29, 1.82) is 21.0 Å². The molecule has 1 aromatic carbocycles. The van der Waals surface area contributed by atoms with E-state index in [0.717, 1.165) is 47.0 Å². The largest absolute Gasteiger partial charge is 0.192 e. The lowest BCUT2D eigenvalue weighted by Crippen LogP contribution is -2.19. The van der Waals surface area contributed by atoms with E-state index in [2.05, 4.69) is 13.8 Å². The van der Waals surface area contributed by atoms with Crippen LogP contribution in [-0.2, 0) is 0 Å². The van der Waals surface area contributed by atoms with Gasteiger partial charge in [-0.3, -0.25) is 0 Å². The molecule has 0 spiro atoms. The molecule has 0 unspecified atom stereocenters. The molecule has 1 aromatic rings. The van der Waals surface area contributed by atoms with Crippen LogP contribution in [0.4, 0.5) is 0 Å². The highest BCUT2D eigenvalue weighted by molar-refractivity contribution is 7.99. The number of hydrogen-bond donors (Lipinski definition) is 0. The fourth-order valence-corrected chi connectivity index (χ4v) is 5.78. The van der Waals surface area contributed by atoms with E-state index in [9.17, 15) is 21.0 Å². The summed E-state index contributed by atoms with van der Waals surface area (Å²) in [6.45, 7) is 4.41. The standard InChI is InChI=1S/C28H36N4S2/c1-3-5-7-9-11-13-15-33-27-17-26(24(21-31)22-32)28(18-25(27)23(19-29)20-30)34-16-14-12-10-8-6-4-2/h17-18H,3-16H2,1-2H3. The first-order valence-electron chi connectivity index (χ1n) is 12.4. The van der Waals surface area contributed by atoms with Crippen LogP contribution in [0.1, 0.15) is 90.9 Å². The Labute approximate surface area is 214 Å². The van der Waals surface area contributed by atoms with Crippen molar-refractivity contribution in [2.24, 2.45) is 0 Å². The lowest BCUT2D eigenvalue weighted by Gasteiger charge is -2.09. The molecule has 180 valence electrons. The number of hydrogen-bond acceptors (Lipinski definition) is 6. The van der Waals surface area contributed by atoms with E-state index >= 15 is 0 Å². The highest BCUT2D eigenvalue weighted by Gasteiger charge is 2.11. The van der Waals surface area contributed by atoms with E-state index in [1.54, 1.807) is 23.5 Å². The predicted molar refractivity (Wildman–Crippen MR) is 143 cm³/mol. The van der Waals surface area contributed by atoms with Crippen molar-refractivity contribution in [2.75, 3.05) is 11.5 Å². The summed E-state index contributed by atoms with van der Waals surface area (Å²) in [6, 6.07) is 11.8. The number of nitrogens with zero attached hydrogens (tertiary/aromatic N) is 4. The molecular weight excluding hydrogens is 456 g/mol. The van der Waals surface area contributed by atoms with E-state index in [1.807, 2.05) is 36.4 Å². The molecule has 0 N–H and O–H groups in total. The molecule has 0 radical (unpaired) electrons. The number of benzene rings is 1. The SMILES string of the molecule is CCCCCCCCSc1cc(=C(C#N)C#N)c(SCCCCCCCC)cc1=C(C#N)C#N. The van der Waals surface area contributed by atoms with Crippen LogP contribution >= 0.6 is 23.5 Å². The van der Waals surface area contributed by atoms with Crippen molar-refractivity contribution in [1.82, 2.24) is 0 Å². The van der Waals surface area contributed by atoms with Crippen LogP contribution in [-0.4, -0.2) is 11.5 Å². The summed E-state index contributed by atoms with van der Waals surface area (Å²) in [7, 11) is 0. The molecule has 0 aliphatic carbocycles. The van der Waals surface area contributed by atoms with Crippen LogP contribution < -0.4 is 10.4 Å². The number of rotatable bonds is 16. The molecular formula is C28H36N4S2. The highest BCUT2D eigenvalue weighted by Crippen LogP contribution is 2.21. The summed E-state index contributed by atoms with van der Waals surface area (Å²) in [6.07, 6.45) is 14.3. The van der Waals surface area contributed by atoms with Crippen LogP contribution in [0.15, 0.2) is 21.9 Å². The number of thioether (sulfide) groups is 2. The van der Waals surface area contributed by atoms with Crippen LogP contribution in [0.5, 0.6) is 0 Å². The Morgan fingerprint density at radius 3 is 1.21 bits per heavy atom. The average molecular weight is 493 g/mol. The molecule has 0 aromatic heterocycles. The van der Waals surface area contributed by atoms with Gasteiger partial charge in [0.2, 0.25) is 0 Å². The molecule has 34 heavy (non-hydrogen) atoms. The lowest BCUT2D eigenvalue weighted by molar-refractivity contribution is 0.627. The minimum absolute atomic E-state index is 0.0777. The Morgan fingerprint density at radius 1 is 0.559 bits per heavy atom. The minimum atomic E-state index is 0.0777. The molecule has 4 nitrogen and oxygen atoms in total. The smallest absolute Gasteiger partial charge is 0.138 e. The Kier molecular flexibility index (Phi) is 16.6. The summed E-state index contributed by atoms with van der Waals surface area (Å²) in [5.74, 6) is 1.75. The number of nitriles is 4. The van der Waals surface area contributed by atoms with Gasteiger partial charge in [0.05, 0.1) is 0 Å². The van der Waals surface area contributed by atoms with Gasteiger partial charge in [-0.05, 0) is 36.5 Å². The first kappa shape index (κ1) is 29.7. The molecule has 6 heteroatoms. The summed E-state index contributed by atoms with van der Waals surface area (Å²) >= 11 is 3.21. The van der Waals surface area contributed by atoms with Crippen molar-refractivity contribution < 1.29 is 0 Å². The minimum Gasteiger partial charge on any atom is -0.192 e. The lowest BCUT2D eigenvalue weighted by atomic mass is 10.1. The van der Waals surface area contributed by atoms with Crippen LogP contribution in [0.25, 0.3) is 11.1 Å². The molecule has 0 aliphatic heterocycles. The summed E-state index contributed by atoms with van der Waals surface area (Å²) in [5.41, 5.74) is 0.155. The second-order valence-corrected chi connectivity index (χ2v) is 10.5. The van der Waals surface area contributed by atoms with Gasteiger partial charge in [0.1, 0.15) is 35.4 Å². The van der Waals surface area contributed by atoms with E-state index in [1.165, 1.54) is 51.4 Å². The van der Waals surface area contributed by atoms with Crippen LogP contribution in [0.2, 0.25) is 0 Å². The van der Waals surface area contributed by atoms with Gasteiger partial charge >= 0.3 is 0 Å². The van der Waals surface area contributed by atoms with Gasteiger partial charge in [-0.1, -0.05) is 78.1 Å². The van der Waals surface area contributed by atoms with E-state index < -0.39 is 0 Å². The fourth-order valence-electron chi connectivity index (χ4n) is 3.61. The molecule has 0 atom stereocenters. The Hall–Kier alpha value is -2.38. The first-order chi connectivity index (χ1) is 16.7. The van der Waals surface area contributed by atoms with Gasteiger partial charge < -0.3 is 0 Å². The second-order valence-electron chi connectivity index (χ2n) is 8.27. The summed E-state index contributed by atoms with van der Waals surface area (Å²) in [4.78, 5) is 1.60. The quantitative estimate of drug-likeness (QED) is 0.182. The molecule has 0 fully saturated rings.